The number of benzene rings is 1. The van der Waals surface area contributed by atoms with E-state index in [4.69, 9.17) is 0 Å². The molecular formula is C15H15BrN2. The largest absolute Gasteiger partial charge is 0.308 e. The zero-order chi connectivity index (χ0) is 12.4. The zero-order valence-corrected chi connectivity index (χ0v) is 11.6. The molecule has 1 aromatic carbocycles. The predicted molar refractivity (Wildman–Crippen MR) is 76.4 cm³/mol. The Morgan fingerprint density at radius 3 is 2.72 bits per heavy atom. The first-order chi connectivity index (χ1) is 8.83. The number of hydrogen-bond donors (Lipinski definition) is 1. The fraction of sp³-hybridized carbons (Fsp3) is 0.267. The molecule has 0 amide bonds. The summed E-state index contributed by atoms with van der Waals surface area (Å²) in [5.74, 6) is 0.679. The van der Waals surface area contributed by atoms with Gasteiger partial charge in [-0.3, -0.25) is 0 Å². The topological polar surface area (TPSA) is 24.9 Å². The van der Waals surface area contributed by atoms with Gasteiger partial charge in [0.1, 0.15) is 4.60 Å². The average Bonchev–Trinajstić information content (AvgIpc) is 3.17. The third-order valence-corrected chi connectivity index (χ3v) is 3.78. The van der Waals surface area contributed by atoms with Crippen molar-refractivity contribution in [3.8, 4) is 0 Å². The zero-order valence-electron chi connectivity index (χ0n) is 10.0. The number of aromatic nitrogens is 1. The molecule has 1 saturated carbocycles. The van der Waals surface area contributed by atoms with Gasteiger partial charge in [0, 0.05) is 18.5 Å². The highest BCUT2D eigenvalue weighted by molar-refractivity contribution is 9.10. The molecule has 1 heterocycles. The van der Waals surface area contributed by atoms with E-state index in [9.17, 15) is 0 Å². The van der Waals surface area contributed by atoms with E-state index in [1.165, 1.54) is 12.0 Å². The molecule has 3 heteroatoms. The van der Waals surface area contributed by atoms with Crippen molar-refractivity contribution in [2.75, 3.05) is 0 Å². The molecule has 1 aliphatic rings. The molecule has 0 radical (unpaired) electrons. The van der Waals surface area contributed by atoms with Crippen LogP contribution in [-0.4, -0.2) is 11.0 Å². The summed E-state index contributed by atoms with van der Waals surface area (Å²) in [5, 5.41) is 3.57. The summed E-state index contributed by atoms with van der Waals surface area (Å²) in [6.45, 7) is 0.841. The van der Waals surface area contributed by atoms with Crippen LogP contribution < -0.4 is 5.32 Å². The maximum atomic E-state index is 4.42. The number of hydrogen-bond acceptors (Lipinski definition) is 2. The van der Waals surface area contributed by atoms with Crippen LogP contribution in [0, 0.1) is 0 Å². The Hall–Kier alpha value is -1.19. The smallest absolute Gasteiger partial charge is 0.106 e. The van der Waals surface area contributed by atoms with Crippen molar-refractivity contribution >= 4 is 15.9 Å². The molecule has 2 atom stereocenters. The summed E-state index contributed by atoms with van der Waals surface area (Å²) in [4.78, 5) is 4.42. The molecule has 0 unspecified atom stereocenters. The van der Waals surface area contributed by atoms with Gasteiger partial charge in [0.15, 0.2) is 0 Å². The maximum absolute atomic E-state index is 4.42. The SMILES string of the molecule is Brc1cccc(CN[C@@H]2C[C@H]2c2ccccc2)n1. The van der Waals surface area contributed by atoms with Gasteiger partial charge in [-0.1, -0.05) is 36.4 Å². The fourth-order valence-corrected chi connectivity index (χ4v) is 2.65. The molecule has 2 aromatic rings. The first-order valence-corrected chi connectivity index (χ1v) is 7.02. The van der Waals surface area contributed by atoms with E-state index in [2.05, 4.69) is 62.6 Å². The summed E-state index contributed by atoms with van der Waals surface area (Å²) in [5.41, 5.74) is 2.53. The van der Waals surface area contributed by atoms with Crippen LogP contribution in [0.25, 0.3) is 0 Å². The summed E-state index contributed by atoms with van der Waals surface area (Å²) >= 11 is 3.39. The van der Waals surface area contributed by atoms with Gasteiger partial charge in [-0.05, 0) is 40.0 Å². The molecule has 1 fully saturated rings. The van der Waals surface area contributed by atoms with Crippen LogP contribution in [0.5, 0.6) is 0 Å². The minimum Gasteiger partial charge on any atom is -0.308 e. The van der Waals surface area contributed by atoms with Crippen molar-refractivity contribution in [3.63, 3.8) is 0 Å². The Labute approximate surface area is 116 Å². The molecule has 0 saturated heterocycles. The Morgan fingerprint density at radius 1 is 1.11 bits per heavy atom. The number of nitrogens with one attached hydrogen (secondary N) is 1. The summed E-state index contributed by atoms with van der Waals surface area (Å²) in [7, 11) is 0. The second-order valence-corrected chi connectivity index (χ2v) is 5.50. The molecule has 92 valence electrons. The monoisotopic (exact) mass is 302 g/mol. The van der Waals surface area contributed by atoms with Crippen molar-refractivity contribution in [1.82, 2.24) is 10.3 Å². The van der Waals surface area contributed by atoms with Crippen molar-refractivity contribution in [2.24, 2.45) is 0 Å². The second kappa shape index (κ2) is 5.21. The maximum Gasteiger partial charge on any atom is 0.106 e. The van der Waals surface area contributed by atoms with Gasteiger partial charge < -0.3 is 5.32 Å². The van der Waals surface area contributed by atoms with Gasteiger partial charge in [0.2, 0.25) is 0 Å². The quantitative estimate of drug-likeness (QED) is 0.875. The van der Waals surface area contributed by atoms with E-state index in [0.717, 1.165) is 16.8 Å². The van der Waals surface area contributed by atoms with Gasteiger partial charge in [0.25, 0.3) is 0 Å². The van der Waals surface area contributed by atoms with E-state index < -0.39 is 0 Å². The minimum absolute atomic E-state index is 0.605. The molecule has 18 heavy (non-hydrogen) atoms. The normalized spacial score (nSPS) is 21.8. The second-order valence-electron chi connectivity index (χ2n) is 4.69. The van der Waals surface area contributed by atoms with E-state index in [1.54, 1.807) is 0 Å². The molecule has 0 bridgehead atoms. The molecule has 1 aliphatic carbocycles. The van der Waals surface area contributed by atoms with E-state index in [-0.39, 0.29) is 0 Å². The highest BCUT2D eigenvalue weighted by Gasteiger charge is 2.37. The van der Waals surface area contributed by atoms with Gasteiger partial charge in [-0.2, -0.15) is 0 Å². The number of halogens is 1. The summed E-state index contributed by atoms with van der Waals surface area (Å²) in [6.07, 6.45) is 1.23. The molecular weight excluding hydrogens is 288 g/mol. The molecule has 1 aromatic heterocycles. The van der Waals surface area contributed by atoms with E-state index in [0.29, 0.717) is 12.0 Å². The number of pyridine rings is 1. The first kappa shape index (κ1) is 11.9. The number of nitrogens with zero attached hydrogens (tertiary/aromatic N) is 1. The van der Waals surface area contributed by atoms with E-state index in [1.807, 2.05) is 12.1 Å². The van der Waals surface area contributed by atoms with Crippen LogP contribution in [0.1, 0.15) is 23.6 Å². The molecule has 1 N–H and O–H groups in total. The van der Waals surface area contributed by atoms with Crippen molar-refractivity contribution < 1.29 is 0 Å². The van der Waals surface area contributed by atoms with Crippen molar-refractivity contribution in [2.45, 2.75) is 24.9 Å². The Bertz CT molecular complexity index is 527. The Balaban J connectivity index is 1.55. The average molecular weight is 303 g/mol. The molecule has 0 aliphatic heterocycles. The van der Waals surface area contributed by atoms with Crippen molar-refractivity contribution in [3.05, 3.63) is 64.4 Å². The van der Waals surface area contributed by atoms with Gasteiger partial charge >= 0.3 is 0 Å². The summed E-state index contributed by atoms with van der Waals surface area (Å²) in [6, 6.07) is 17.3. The fourth-order valence-electron chi connectivity index (χ4n) is 2.27. The van der Waals surface area contributed by atoms with Gasteiger partial charge in [-0.25, -0.2) is 4.98 Å². The standard InChI is InChI=1S/C15H15BrN2/c16-15-8-4-7-12(18-15)10-17-14-9-13(14)11-5-2-1-3-6-11/h1-8,13-14,17H,9-10H2/t13-,14+/m0/s1. The highest BCUT2D eigenvalue weighted by Crippen LogP contribution is 2.40. The highest BCUT2D eigenvalue weighted by atomic mass is 79.9. The predicted octanol–water partition coefficient (Wildman–Crippen LogP) is 3.49. The lowest BCUT2D eigenvalue weighted by Gasteiger charge is -2.04. The van der Waals surface area contributed by atoms with Crippen LogP contribution in [0.2, 0.25) is 0 Å². The Kier molecular flexibility index (Phi) is 3.43. The van der Waals surface area contributed by atoms with Crippen LogP contribution in [0.15, 0.2) is 53.1 Å². The third-order valence-electron chi connectivity index (χ3n) is 3.34. The first-order valence-electron chi connectivity index (χ1n) is 6.23. The lowest BCUT2D eigenvalue weighted by molar-refractivity contribution is 0.660. The van der Waals surface area contributed by atoms with Crippen LogP contribution in [-0.2, 0) is 6.54 Å². The minimum atomic E-state index is 0.605. The van der Waals surface area contributed by atoms with Gasteiger partial charge in [0.05, 0.1) is 5.69 Å². The molecule has 3 rings (SSSR count). The van der Waals surface area contributed by atoms with Crippen LogP contribution >= 0.6 is 15.9 Å². The lowest BCUT2D eigenvalue weighted by Crippen LogP contribution is -2.18. The Morgan fingerprint density at radius 2 is 1.94 bits per heavy atom. The van der Waals surface area contributed by atoms with Gasteiger partial charge in [-0.15, -0.1) is 0 Å². The van der Waals surface area contributed by atoms with E-state index >= 15 is 0 Å². The lowest BCUT2D eigenvalue weighted by atomic mass is 10.1. The van der Waals surface area contributed by atoms with Crippen LogP contribution in [0.3, 0.4) is 0 Å². The van der Waals surface area contributed by atoms with Crippen molar-refractivity contribution in [1.29, 1.82) is 0 Å². The molecule has 2 nitrogen and oxygen atoms in total. The third kappa shape index (κ3) is 2.79. The van der Waals surface area contributed by atoms with Crippen LogP contribution in [0.4, 0.5) is 0 Å². The molecule has 0 spiro atoms. The summed E-state index contributed by atoms with van der Waals surface area (Å²) < 4.78 is 0.900. The number of rotatable bonds is 4.